The summed E-state index contributed by atoms with van der Waals surface area (Å²) in [7, 11) is -1.76. The van der Waals surface area contributed by atoms with Crippen molar-refractivity contribution in [2.75, 3.05) is 38.5 Å². The highest BCUT2D eigenvalue weighted by atomic mass is 35.5. The van der Waals surface area contributed by atoms with Crippen LogP contribution in [0.5, 0.6) is 0 Å². The van der Waals surface area contributed by atoms with Gasteiger partial charge in [0.25, 0.3) is 11.8 Å². The monoisotopic (exact) mass is 586 g/mol. The lowest BCUT2D eigenvalue weighted by Crippen LogP contribution is -2.47. The Hall–Kier alpha value is -3.11. The number of fused-ring (bicyclic) bond motifs is 1. The number of sulfone groups is 1. The number of benzene rings is 2. The number of carbonyl (C=O) groups is 2. The Morgan fingerprint density at radius 3 is 2.51 bits per heavy atom. The molecule has 2 amide bonds. The predicted molar refractivity (Wildman–Crippen MR) is 154 cm³/mol. The lowest BCUT2D eigenvalue weighted by Gasteiger charge is -2.32. The first kappa shape index (κ1) is 27.5. The van der Waals surface area contributed by atoms with Crippen LogP contribution in [0.25, 0.3) is 11.6 Å². The molecule has 1 fully saturated rings. The molecule has 8 nitrogen and oxygen atoms in total. The number of likely N-dealkylation sites (N-methyl/N-ethyl adjacent to an activating group) is 1. The summed E-state index contributed by atoms with van der Waals surface area (Å²) in [6.07, 6.45) is 1.68. The molecule has 2 N–H and O–H groups in total. The smallest absolute Gasteiger partial charge is 0.256 e. The molecule has 2 aliphatic heterocycles. The molecule has 2 aromatic carbocycles. The molecular weight excluding hydrogens is 559 g/mol. The number of nitrogens with one attached hydrogen (secondary N) is 2. The summed E-state index contributed by atoms with van der Waals surface area (Å²) in [5.74, 6) is -0.725. The van der Waals surface area contributed by atoms with Crippen molar-refractivity contribution in [3.63, 3.8) is 0 Å². The Morgan fingerprint density at radius 2 is 1.79 bits per heavy atom. The minimum atomic E-state index is -3.80. The van der Waals surface area contributed by atoms with Crippen LogP contribution in [0.4, 0.5) is 5.69 Å². The van der Waals surface area contributed by atoms with Crippen LogP contribution in [0.2, 0.25) is 10.0 Å². The molecule has 11 heteroatoms. The zero-order valence-electron chi connectivity index (χ0n) is 21.8. The molecular formula is C28H28Cl2N4O4S. The van der Waals surface area contributed by atoms with Crippen LogP contribution in [0.1, 0.15) is 38.4 Å². The van der Waals surface area contributed by atoms with E-state index in [0.717, 1.165) is 24.3 Å². The van der Waals surface area contributed by atoms with E-state index in [1.54, 1.807) is 30.3 Å². The van der Waals surface area contributed by atoms with E-state index in [1.165, 1.54) is 12.1 Å². The Labute approximate surface area is 237 Å². The number of rotatable bonds is 5. The fourth-order valence-corrected chi connectivity index (χ4v) is 6.86. The summed E-state index contributed by atoms with van der Waals surface area (Å²) in [6, 6.07) is 9.40. The van der Waals surface area contributed by atoms with E-state index in [2.05, 4.69) is 15.2 Å². The second kappa shape index (κ2) is 10.5. The molecule has 5 rings (SSSR count). The molecule has 1 saturated heterocycles. The van der Waals surface area contributed by atoms with Crippen LogP contribution in [0.3, 0.4) is 0 Å². The average Bonchev–Trinajstić information content (AvgIpc) is 3.35. The second-order valence-electron chi connectivity index (χ2n) is 9.95. The number of H-pyrrole nitrogens is 1. The molecule has 0 atom stereocenters. The third kappa shape index (κ3) is 5.24. The first-order chi connectivity index (χ1) is 18.5. The molecule has 3 aromatic rings. The highest BCUT2D eigenvalue weighted by Crippen LogP contribution is 2.37. The molecule has 0 saturated carbocycles. The van der Waals surface area contributed by atoms with Crippen molar-refractivity contribution in [3.8, 4) is 0 Å². The van der Waals surface area contributed by atoms with Gasteiger partial charge < -0.3 is 20.1 Å². The number of hydrogen-bond acceptors (Lipinski definition) is 5. The first-order valence-electron chi connectivity index (χ1n) is 12.5. The minimum absolute atomic E-state index is 0.0386. The Balaban J connectivity index is 1.48. The molecule has 0 spiro atoms. The minimum Gasteiger partial charge on any atom is -0.358 e. The first-order valence-corrected chi connectivity index (χ1v) is 14.9. The van der Waals surface area contributed by atoms with Gasteiger partial charge in [-0.05, 0) is 62.4 Å². The molecule has 0 unspecified atom stereocenters. The lowest BCUT2D eigenvalue weighted by molar-refractivity contribution is -0.110. The molecule has 204 valence electrons. The molecule has 1 aromatic heterocycles. The summed E-state index contributed by atoms with van der Waals surface area (Å²) in [6.45, 7) is 6.63. The van der Waals surface area contributed by atoms with Crippen molar-refractivity contribution >= 4 is 62.2 Å². The molecule has 3 heterocycles. The predicted octanol–water partition coefficient (Wildman–Crippen LogP) is 4.79. The van der Waals surface area contributed by atoms with Crippen molar-refractivity contribution in [1.82, 2.24) is 14.8 Å². The highest BCUT2D eigenvalue weighted by molar-refractivity contribution is 7.90. The van der Waals surface area contributed by atoms with E-state index in [4.69, 9.17) is 23.2 Å². The number of piperazine rings is 1. The van der Waals surface area contributed by atoms with Crippen molar-refractivity contribution in [1.29, 1.82) is 0 Å². The van der Waals surface area contributed by atoms with Gasteiger partial charge in [-0.15, -0.1) is 0 Å². The van der Waals surface area contributed by atoms with Gasteiger partial charge in [-0.25, -0.2) is 8.42 Å². The maximum atomic E-state index is 13.3. The largest absolute Gasteiger partial charge is 0.358 e. The summed E-state index contributed by atoms with van der Waals surface area (Å²) >= 11 is 12.3. The van der Waals surface area contributed by atoms with Gasteiger partial charge in [-0.1, -0.05) is 35.3 Å². The maximum Gasteiger partial charge on any atom is 0.256 e. The molecule has 2 aliphatic rings. The number of aromatic nitrogens is 1. The Kier molecular flexibility index (Phi) is 7.37. The van der Waals surface area contributed by atoms with E-state index in [0.29, 0.717) is 46.7 Å². The number of aryl methyl sites for hydroxylation is 1. The van der Waals surface area contributed by atoms with Gasteiger partial charge in [0.05, 0.1) is 31.8 Å². The lowest BCUT2D eigenvalue weighted by atomic mass is 10.0. The Morgan fingerprint density at radius 1 is 1.08 bits per heavy atom. The van der Waals surface area contributed by atoms with Crippen LogP contribution in [-0.2, 0) is 20.4 Å². The fourth-order valence-electron chi connectivity index (χ4n) is 5.00. The number of nitrogens with zero attached hydrogens (tertiary/aromatic N) is 2. The van der Waals surface area contributed by atoms with Gasteiger partial charge in [0, 0.05) is 48.8 Å². The highest BCUT2D eigenvalue weighted by Gasteiger charge is 2.29. The van der Waals surface area contributed by atoms with Crippen molar-refractivity contribution in [3.05, 3.63) is 80.1 Å². The Bertz CT molecular complexity index is 1640. The topological polar surface area (TPSA) is 103 Å². The number of anilines is 1. The fraction of sp³-hybridized carbons (Fsp3) is 0.286. The van der Waals surface area contributed by atoms with E-state index < -0.39 is 9.84 Å². The van der Waals surface area contributed by atoms with Gasteiger partial charge >= 0.3 is 0 Å². The van der Waals surface area contributed by atoms with Crippen LogP contribution in [0, 0.1) is 13.8 Å². The van der Waals surface area contributed by atoms with Crippen LogP contribution in [0.15, 0.2) is 41.3 Å². The third-order valence-electron chi connectivity index (χ3n) is 7.28. The zero-order valence-corrected chi connectivity index (χ0v) is 24.1. The standard InChI is InChI=1S/C28H28Cl2N4O4S/c1-16-24(31-17(2)25(16)28(36)34-11-9-33(3)10-12-34)14-21-20-13-19(7-8-23(20)32-27(21)35)39(37,38)15-18-5-4-6-22(29)26(18)30/h4-8,13-14,31H,9-12,15H2,1-3H3,(H,32,35)/b21-14-. The summed E-state index contributed by atoms with van der Waals surface area (Å²) in [5.41, 5.74) is 4.37. The SMILES string of the molecule is Cc1[nH]c(/C=C2\C(=O)Nc3ccc(S(=O)(=O)Cc4cccc(Cl)c4Cl)cc32)c(C)c1C(=O)N1CCN(C)CC1. The number of amides is 2. The summed E-state index contributed by atoms with van der Waals surface area (Å²) < 4.78 is 26.6. The second-order valence-corrected chi connectivity index (χ2v) is 12.7. The molecule has 39 heavy (non-hydrogen) atoms. The maximum absolute atomic E-state index is 13.3. The van der Waals surface area contributed by atoms with E-state index >= 15 is 0 Å². The van der Waals surface area contributed by atoms with Gasteiger partial charge in [-0.3, -0.25) is 9.59 Å². The number of hydrogen-bond donors (Lipinski definition) is 2. The quantitative estimate of drug-likeness (QED) is 0.418. The van der Waals surface area contributed by atoms with E-state index in [9.17, 15) is 18.0 Å². The zero-order chi connectivity index (χ0) is 28.1. The molecule has 0 radical (unpaired) electrons. The number of aromatic amines is 1. The summed E-state index contributed by atoms with van der Waals surface area (Å²) in [4.78, 5) is 33.6. The number of halogens is 2. The number of carbonyl (C=O) groups excluding carboxylic acids is 2. The van der Waals surface area contributed by atoms with Crippen molar-refractivity contribution in [2.45, 2.75) is 24.5 Å². The van der Waals surface area contributed by atoms with Crippen molar-refractivity contribution in [2.24, 2.45) is 0 Å². The van der Waals surface area contributed by atoms with Gasteiger partial charge in [0.1, 0.15) is 0 Å². The normalized spacial score (nSPS) is 17.0. The molecule has 0 bridgehead atoms. The van der Waals surface area contributed by atoms with Crippen molar-refractivity contribution < 1.29 is 18.0 Å². The van der Waals surface area contributed by atoms with Gasteiger partial charge in [0.2, 0.25) is 0 Å². The van der Waals surface area contributed by atoms with Gasteiger partial charge in [0.15, 0.2) is 9.84 Å². The van der Waals surface area contributed by atoms with E-state index in [1.807, 2.05) is 25.8 Å². The van der Waals surface area contributed by atoms with Crippen LogP contribution >= 0.6 is 23.2 Å². The third-order valence-corrected chi connectivity index (χ3v) is 9.80. The molecule has 0 aliphatic carbocycles. The van der Waals surface area contributed by atoms with Crippen LogP contribution < -0.4 is 5.32 Å². The van der Waals surface area contributed by atoms with Gasteiger partial charge in [-0.2, -0.15) is 0 Å². The van der Waals surface area contributed by atoms with E-state index in [-0.39, 0.29) is 32.5 Å². The average molecular weight is 588 g/mol. The summed E-state index contributed by atoms with van der Waals surface area (Å²) in [5, 5.41) is 3.27. The van der Waals surface area contributed by atoms with Crippen LogP contribution in [-0.4, -0.2) is 68.2 Å².